The Kier molecular flexibility index (Phi) is 10.9. The van der Waals surface area contributed by atoms with Gasteiger partial charge in [-0.1, -0.05) is 12.1 Å². The fraction of sp³-hybridized carbons (Fsp3) is 0.0476. The van der Waals surface area contributed by atoms with Crippen LogP contribution in [0.15, 0.2) is 67.3 Å². The molecule has 4 amide bonds. The van der Waals surface area contributed by atoms with Gasteiger partial charge in [0.25, 0.3) is 11.8 Å². The van der Waals surface area contributed by atoms with E-state index < -0.39 is 23.6 Å². The molecule has 0 aliphatic rings. The Hall–Kier alpha value is -4.68. The van der Waals surface area contributed by atoms with E-state index in [9.17, 15) is 19.2 Å². The fourth-order valence-electron chi connectivity index (χ4n) is 2.23. The number of carbonyl (C=O) groups is 4. The smallest absolute Gasteiger partial charge is 0.265 e. The van der Waals surface area contributed by atoms with Crippen LogP contribution in [0.4, 0.5) is 0 Å². The van der Waals surface area contributed by atoms with E-state index in [2.05, 4.69) is 9.97 Å². The second kappa shape index (κ2) is 13.6. The van der Waals surface area contributed by atoms with Crippen LogP contribution in [0.1, 0.15) is 47.0 Å². The molecule has 12 heteroatoms. The minimum absolute atomic E-state index is 0.179. The first kappa shape index (κ1) is 26.4. The maximum absolute atomic E-state index is 11.2. The molecular formula is C21H24N8O4. The SMILES string of the molecule is Cc1cncc(C(N)=O)c1.NC(=O)c1cccnc1.NNC(=O)c1ccccc1C(=O)NN. The first-order valence-corrected chi connectivity index (χ1v) is 9.23. The molecule has 0 aliphatic carbocycles. The summed E-state index contributed by atoms with van der Waals surface area (Å²) < 4.78 is 0. The average Bonchev–Trinajstić information content (AvgIpc) is 2.84. The Balaban J connectivity index is 0.000000255. The molecule has 0 atom stereocenters. The highest BCUT2D eigenvalue weighted by atomic mass is 16.2. The van der Waals surface area contributed by atoms with Crippen molar-refractivity contribution in [2.75, 3.05) is 0 Å². The van der Waals surface area contributed by atoms with Crippen LogP contribution in [0.5, 0.6) is 0 Å². The number of nitrogens with zero attached hydrogens (tertiary/aromatic N) is 2. The number of hydrogen-bond donors (Lipinski definition) is 6. The Bertz CT molecular complexity index is 1070. The minimum atomic E-state index is -0.538. The van der Waals surface area contributed by atoms with E-state index in [4.69, 9.17) is 23.2 Å². The third-order valence-electron chi connectivity index (χ3n) is 3.78. The van der Waals surface area contributed by atoms with Crippen LogP contribution in [-0.2, 0) is 0 Å². The number of rotatable bonds is 4. The molecule has 0 aliphatic heterocycles. The Morgan fingerprint density at radius 3 is 1.58 bits per heavy atom. The predicted molar refractivity (Wildman–Crippen MR) is 120 cm³/mol. The van der Waals surface area contributed by atoms with Gasteiger partial charge in [-0.05, 0) is 42.8 Å². The lowest BCUT2D eigenvalue weighted by Gasteiger charge is -2.05. The maximum atomic E-state index is 11.2. The molecule has 2 heterocycles. The summed E-state index contributed by atoms with van der Waals surface area (Å²) in [7, 11) is 0. The number of nitrogen functional groups attached to an aromatic ring is 2. The molecule has 12 nitrogen and oxygen atoms in total. The highest BCUT2D eigenvalue weighted by Crippen LogP contribution is 2.07. The number of pyridine rings is 2. The molecule has 0 saturated heterocycles. The highest BCUT2D eigenvalue weighted by Gasteiger charge is 2.14. The average molecular weight is 452 g/mol. The molecule has 0 unspecified atom stereocenters. The van der Waals surface area contributed by atoms with E-state index in [1.807, 2.05) is 17.8 Å². The molecule has 2 aromatic heterocycles. The first-order valence-electron chi connectivity index (χ1n) is 9.23. The van der Waals surface area contributed by atoms with Gasteiger partial charge in [-0.3, -0.25) is 40.0 Å². The number of nitrogens with two attached hydrogens (primary N) is 4. The summed E-state index contributed by atoms with van der Waals surface area (Å²) in [6.45, 7) is 1.86. The van der Waals surface area contributed by atoms with Crippen LogP contribution in [0.3, 0.4) is 0 Å². The van der Waals surface area contributed by atoms with Crippen LogP contribution < -0.4 is 34.0 Å². The number of hydrogen-bond acceptors (Lipinski definition) is 8. The molecule has 3 aromatic rings. The lowest BCUT2D eigenvalue weighted by atomic mass is 10.1. The molecule has 33 heavy (non-hydrogen) atoms. The van der Waals surface area contributed by atoms with E-state index in [0.29, 0.717) is 11.1 Å². The zero-order chi connectivity index (χ0) is 24.8. The summed E-state index contributed by atoms with van der Waals surface area (Å²) in [6.07, 6.45) is 6.15. The lowest BCUT2D eigenvalue weighted by molar-refractivity contribution is 0.0919. The minimum Gasteiger partial charge on any atom is -0.366 e. The van der Waals surface area contributed by atoms with Crippen molar-refractivity contribution in [3.05, 3.63) is 95.1 Å². The second-order valence-corrected chi connectivity index (χ2v) is 6.21. The Morgan fingerprint density at radius 1 is 0.727 bits per heavy atom. The second-order valence-electron chi connectivity index (χ2n) is 6.21. The summed E-state index contributed by atoms with van der Waals surface area (Å²) in [5.74, 6) is 7.95. The van der Waals surface area contributed by atoms with Crippen molar-refractivity contribution in [1.82, 2.24) is 20.8 Å². The fourth-order valence-corrected chi connectivity index (χ4v) is 2.23. The van der Waals surface area contributed by atoms with E-state index in [1.165, 1.54) is 24.5 Å². The van der Waals surface area contributed by atoms with Crippen LogP contribution in [-0.4, -0.2) is 33.6 Å². The standard InChI is InChI=1S/C8H10N4O2.C7H8N2O.C6H6N2O/c9-11-7(13)5-3-1-2-4-6(5)8(14)12-10;1-5-2-6(7(8)10)4-9-3-5;7-6(9)5-2-1-3-8-4-5/h1-4H,9-10H2,(H,11,13)(H,12,14);2-4H,1H3,(H2,8,10);1-4H,(H2,7,9). The Morgan fingerprint density at radius 2 is 1.24 bits per heavy atom. The number of aryl methyl sites for hydroxylation is 1. The van der Waals surface area contributed by atoms with Gasteiger partial charge in [0.15, 0.2) is 0 Å². The van der Waals surface area contributed by atoms with Gasteiger partial charge >= 0.3 is 0 Å². The van der Waals surface area contributed by atoms with Gasteiger partial charge in [0.1, 0.15) is 0 Å². The molecule has 10 N–H and O–H groups in total. The van der Waals surface area contributed by atoms with Crippen LogP contribution in [0, 0.1) is 6.92 Å². The van der Waals surface area contributed by atoms with Gasteiger partial charge in [0, 0.05) is 24.8 Å². The monoisotopic (exact) mass is 452 g/mol. The van der Waals surface area contributed by atoms with Crippen LogP contribution >= 0.6 is 0 Å². The quantitative estimate of drug-likeness (QED) is 0.172. The molecule has 0 spiro atoms. The van der Waals surface area contributed by atoms with Crippen LogP contribution in [0.25, 0.3) is 0 Å². The third kappa shape index (κ3) is 8.92. The molecule has 172 valence electrons. The van der Waals surface area contributed by atoms with E-state index in [0.717, 1.165) is 5.56 Å². The maximum Gasteiger partial charge on any atom is 0.265 e. The van der Waals surface area contributed by atoms with Gasteiger partial charge in [0.2, 0.25) is 11.8 Å². The van der Waals surface area contributed by atoms with E-state index >= 15 is 0 Å². The summed E-state index contributed by atoms with van der Waals surface area (Å²) in [6, 6.07) is 11.2. The van der Waals surface area contributed by atoms with Crippen molar-refractivity contribution < 1.29 is 19.2 Å². The van der Waals surface area contributed by atoms with Gasteiger partial charge < -0.3 is 11.5 Å². The summed E-state index contributed by atoms with van der Waals surface area (Å²) in [4.78, 5) is 50.8. The van der Waals surface area contributed by atoms with E-state index in [-0.39, 0.29) is 11.1 Å². The van der Waals surface area contributed by atoms with Crippen molar-refractivity contribution in [3.63, 3.8) is 0 Å². The number of benzene rings is 1. The number of amides is 4. The third-order valence-corrected chi connectivity index (χ3v) is 3.78. The van der Waals surface area contributed by atoms with Gasteiger partial charge in [-0.15, -0.1) is 0 Å². The van der Waals surface area contributed by atoms with Crippen molar-refractivity contribution in [2.24, 2.45) is 23.2 Å². The highest BCUT2D eigenvalue weighted by molar-refractivity contribution is 6.06. The zero-order valence-electron chi connectivity index (χ0n) is 17.7. The summed E-state index contributed by atoms with van der Waals surface area (Å²) >= 11 is 0. The molecule has 1 aromatic carbocycles. The molecule has 0 radical (unpaired) electrons. The predicted octanol–water partition coefficient (Wildman–Crippen LogP) is -0.437. The summed E-state index contributed by atoms with van der Waals surface area (Å²) in [5, 5.41) is 0. The molecular weight excluding hydrogens is 428 g/mol. The van der Waals surface area contributed by atoms with Crippen molar-refractivity contribution >= 4 is 23.6 Å². The first-order chi connectivity index (χ1) is 15.7. The number of nitrogens with one attached hydrogen (secondary N) is 2. The molecule has 0 bridgehead atoms. The van der Waals surface area contributed by atoms with Crippen molar-refractivity contribution in [2.45, 2.75) is 6.92 Å². The normalized spacial score (nSPS) is 9.18. The molecule has 0 saturated carbocycles. The van der Waals surface area contributed by atoms with E-state index in [1.54, 1.807) is 42.7 Å². The van der Waals surface area contributed by atoms with Gasteiger partial charge in [0.05, 0.1) is 22.3 Å². The van der Waals surface area contributed by atoms with Gasteiger partial charge in [-0.25, -0.2) is 11.7 Å². The van der Waals surface area contributed by atoms with Crippen molar-refractivity contribution in [3.8, 4) is 0 Å². The Labute approximate surface area is 189 Å². The zero-order valence-corrected chi connectivity index (χ0v) is 17.7. The van der Waals surface area contributed by atoms with Gasteiger partial charge in [-0.2, -0.15) is 0 Å². The lowest BCUT2D eigenvalue weighted by Crippen LogP contribution is -2.35. The number of aromatic nitrogens is 2. The number of hydrazine groups is 2. The number of carbonyl (C=O) groups excluding carboxylic acids is 4. The molecule has 3 rings (SSSR count). The largest absolute Gasteiger partial charge is 0.366 e. The topological polar surface area (TPSA) is 222 Å². The molecule has 0 fully saturated rings. The number of primary amides is 2. The van der Waals surface area contributed by atoms with Crippen molar-refractivity contribution in [1.29, 1.82) is 0 Å². The van der Waals surface area contributed by atoms with Crippen LogP contribution in [0.2, 0.25) is 0 Å². The summed E-state index contributed by atoms with van der Waals surface area (Å²) in [5.41, 5.74) is 16.0.